The smallest absolute Gasteiger partial charge is 0.239 e. The second-order valence-corrected chi connectivity index (χ2v) is 5.97. The van der Waals surface area contributed by atoms with Gasteiger partial charge in [0.15, 0.2) is 0 Å². The minimum atomic E-state index is 0.105. The van der Waals surface area contributed by atoms with Crippen LogP contribution >= 0.6 is 0 Å². The zero-order valence-electron chi connectivity index (χ0n) is 11.2. The molecule has 1 amide bonds. The van der Waals surface area contributed by atoms with E-state index in [1.54, 1.807) is 0 Å². The summed E-state index contributed by atoms with van der Waals surface area (Å²) in [6, 6.07) is 0.744. The van der Waals surface area contributed by atoms with Crippen molar-refractivity contribution in [3.8, 4) is 0 Å². The lowest BCUT2D eigenvalue weighted by Gasteiger charge is -2.45. The van der Waals surface area contributed by atoms with Crippen molar-refractivity contribution in [2.24, 2.45) is 0 Å². The van der Waals surface area contributed by atoms with Gasteiger partial charge in [0.1, 0.15) is 0 Å². The zero-order valence-corrected chi connectivity index (χ0v) is 11.2. The van der Waals surface area contributed by atoms with E-state index in [-0.39, 0.29) is 6.04 Å². The lowest BCUT2D eigenvalue weighted by Crippen LogP contribution is -2.59. The molecule has 0 radical (unpaired) electrons. The van der Waals surface area contributed by atoms with Gasteiger partial charge in [0, 0.05) is 25.7 Å². The van der Waals surface area contributed by atoms with Crippen molar-refractivity contribution in [3.05, 3.63) is 0 Å². The molecule has 3 aliphatic heterocycles. The van der Waals surface area contributed by atoms with Gasteiger partial charge < -0.3 is 10.2 Å². The molecule has 3 saturated heterocycles. The lowest BCUT2D eigenvalue weighted by molar-refractivity contribution is -0.137. The van der Waals surface area contributed by atoms with Crippen LogP contribution in [0.15, 0.2) is 0 Å². The summed E-state index contributed by atoms with van der Waals surface area (Å²) in [5, 5.41) is 3.38. The van der Waals surface area contributed by atoms with Gasteiger partial charge in [-0.2, -0.15) is 0 Å². The first-order chi connectivity index (χ1) is 8.84. The summed E-state index contributed by atoms with van der Waals surface area (Å²) in [6.07, 6.45) is 7.41. The Morgan fingerprint density at radius 2 is 1.89 bits per heavy atom. The Kier molecular flexibility index (Phi) is 3.85. The number of carbonyl (C=O) groups is 1. The lowest BCUT2D eigenvalue weighted by atomic mass is 9.98. The van der Waals surface area contributed by atoms with Crippen LogP contribution in [0, 0.1) is 0 Å². The number of piperidine rings is 2. The Bertz CT molecular complexity index is 301. The third kappa shape index (κ3) is 2.54. The fourth-order valence-electron chi connectivity index (χ4n) is 3.64. The van der Waals surface area contributed by atoms with Crippen LogP contribution in [-0.4, -0.2) is 60.5 Å². The van der Waals surface area contributed by atoms with E-state index in [0.717, 1.165) is 32.6 Å². The van der Waals surface area contributed by atoms with Crippen molar-refractivity contribution in [2.45, 2.75) is 50.6 Å². The molecule has 0 aromatic carbocycles. The molecule has 1 N–H and O–H groups in total. The molecule has 2 unspecified atom stereocenters. The van der Waals surface area contributed by atoms with E-state index in [1.807, 2.05) is 0 Å². The highest BCUT2D eigenvalue weighted by molar-refractivity contribution is 5.82. The quantitative estimate of drug-likeness (QED) is 0.749. The number of carbonyl (C=O) groups excluding carboxylic acids is 1. The molecule has 0 aliphatic carbocycles. The Hall–Kier alpha value is -0.610. The van der Waals surface area contributed by atoms with Gasteiger partial charge in [-0.15, -0.1) is 0 Å². The van der Waals surface area contributed by atoms with Crippen molar-refractivity contribution >= 4 is 5.91 Å². The third-order valence-corrected chi connectivity index (χ3v) is 4.76. The van der Waals surface area contributed by atoms with Crippen molar-refractivity contribution in [1.82, 2.24) is 15.1 Å². The maximum Gasteiger partial charge on any atom is 0.239 e. The Morgan fingerprint density at radius 1 is 1.00 bits per heavy atom. The highest BCUT2D eigenvalue weighted by Crippen LogP contribution is 2.22. The molecular formula is C14H25N3O. The average Bonchev–Trinajstić information content (AvgIpc) is 2.47. The number of piperazine rings is 1. The monoisotopic (exact) mass is 251 g/mol. The maximum atomic E-state index is 12.5. The number of nitrogens with zero attached hydrogens (tertiary/aromatic N) is 2. The summed E-state index contributed by atoms with van der Waals surface area (Å²) >= 11 is 0. The van der Waals surface area contributed by atoms with Gasteiger partial charge >= 0.3 is 0 Å². The van der Waals surface area contributed by atoms with Crippen LogP contribution in [0.25, 0.3) is 0 Å². The minimum absolute atomic E-state index is 0.105. The van der Waals surface area contributed by atoms with Gasteiger partial charge in [-0.3, -0.25) is 9.69 Å². The molecule has 4 nitrogen and oxygen atoms in total. The van der Waals surface area contributed by atoms with Crippen LogP contribution in [0.3, 0.4) is 0 Å². The highest BCUT2D eigenvalue weighted by Gasteiger charge is 2.33. The topological polar surface area (TPSA) is 35.6 Å². The summed E-state index contributed by atoms with van der Waals surface area (Å²) in [5.74, 6) is 0.361. The first-order valence-corrected chi connectivity index (χ1v) is 7.61. The van der Waals surface area contributed by atoms with Crippen LogP contribution in [-0.2, 0) is 4.79 Å². The normalized spacial score (nSPS) is 34.1. The number of nitrogens with one attached hydrogen (secondary N) is 1. The summed E-state index contributed by atoms with van der Waals surface area (Å²) < 4.78 is 0. The zero-order chi connectivity index (χ0) is 12.4. The van der Waals surface area contributed by atoms with Gasteiger partial charge in [-0.25, -0.2) is 0 Å². The molecule has 3 aliphatic rings. The first-order valence-electron chi connectivity index (χ1n) is 7.61. The van der Waals surface area contributed by atoms with Gasteiger partial charge in [0.2, 0.25) is 5.91 Å². The Labute approximate surface area is 110 Å². The van der Waals surface area contributed by atoms with Crippen molar-refractivity contribution in [1.29, 1.82) is 0 Å². The molecule has 2 atom stereocenters. The molecule has 3 heterocycles. The standard InChI is InChI=1S/C14H25N3O/c18-14(13-6-1-3-7-15-13)17-10-9-16-8-4-2-5-12(16)11-17/h12-13,15H,1-11H2. The number of fused-ring (bicyclic) bond motifs is 1. The largest absolute Gasteiger partial charge is 0.338 e. The van der Waals surface area contributed by atoms with E-state index < -0.39 is 0 Å². The van der Waals surface area contributed by atoms with E-state index in [9.17, 15) is 4.79 Å². The second kappa shape index (κ2) is 5.57. The number of hydrogen-bond donors (Lipinski definition) is 1. The molecule has 4 heteroatoms. The van der Waals surface area contributed by atoms with E-state index in [4.69, 9.17) is 0 Å². The van der Waals surface area contributed by atoms with Crippen LogP contribution in [0.5, 0.6) is 0 Å². The van der Waals surface area contributed by atoms with E-state index in [1.165, 1.54) is 38.6 Å². The number of amides is 1. The highest BCUT2D eigenvalue weighted by atomic mass is 16.2. The molecule has 0 bridgehead atoms. The third-order valence-electron chi connectivity index (χ3n) is 4.76. The molecule has 0 spiro atoms. The molecule has 102 valence electrons. The molecule has 0 aromatic heterocycles. The van der Waals surface area contributed by atoms with E-state index >= 15 is 0 Å². The molecule has 18 heavy (non-hydrogen) atoms. The first kappa shape index (κ1) is 12.4. The second-order valence-electron chi connectivity index (χ2n) is 5.97. The van der Waals surface area contributed by atoms with Crippen LogP contribution in [0.1, 0.15) is 38.5 Å². The van der Waals surface area contributed by atoms with Crippen LogP contribution in [0.2, 0.25) is 0 Å². The van der Waals surface area contributed by atoms with Crippen molar-refractivity contribution < 1.29 is 4.79 Å². The van der Waals surface area contributed by atoms with E-state index in [2.05, 4.69) is 15.1 Å². The predicted molar refractivity (Wildman–Crippen MR) is 71.4 cm³/mol. The Morgan fingerprint density at radius 3 is 2.72 bits per heavy atom. The average molecular weight is 251 g/mol. The van der Waals surface area contributed by atoms with Gasteiger partial charge in [0.05, 0.1) is 6.04 Å². The molecule has 3 rings (SSSR count). The van der Waals surface area contributed by atoms with E-state index in [0.29, 0.717) is 11.9 Å². The van der Waals surface area contributed by atoms with Gasteiger partial charge in [0.25, 0.3) is 0 Å². The number of hydrogen-bond acceptors (Lipinski definition) is 3. The SMILES string of the molecule is O=C(C1CCCCN1)N1CCN2CCCCC2C1. The summed E-state index contributed by atoms with van der Waals surface area (Å²) in [6.45, 7) is 5.25. The molecule has 3 fully saturated rings. The van der Waals surface area contributed by atoms with Gasteiger partial charge in [-0.1, -0.05) is 12.8 Å². The predicted octanol–water partition coefficient (Wildman–Crippen LogP) is 0.825. The fraction of sp³-hybridized carbons (Fsp3) is 0.929. The minimum Gasteiger partial charge on any atom is -0.338 e. The number of rotatable bonds is 1. The summed E-state index contributed by atoms with van der Waals surface area (Å²) in [4.78, 5) is 17.2. The van der Waals surface area contributed by atoms with Gasteiger partial charge in [-0.05, 0) is 38.8 Å². The summed E-state index contributed by atoms with van der Waals surface area (Å²) in [7, 11) is 0. The summed E-state index contributed by atoms with van der Waals surface area (Å²) in [5.41, 5.74) is 0. The van der Waals surface area contributed by atoms with Crippen molar-refractivity contribution in [3.63, 3.8) is 0 Å². The molecule has 0 saturated carbocycles. The maximum absolute atomic E-state index is 12.5. The molecule has 0 aromatic rings. The van der Waals surface area contributed by atoms with Crippen LogP contribution < -0.4 is 5.32 Å². The fourth-order valence-corrected chi connectivity index (χ4v) is 3.64. The van der Waals surface area contributed by atoms with Crippen LogP contribution in [0.4, 0.5) is 0 Å². The van der Waals surface area contributed by atoms with Crippen molar-refractivity contribution in [2.75, 3.05) is 32.7 Å². The molecular weight excluding hydrogens is 226 g/mol. The Balaban J connectivity index is 1.57.